The van der Waals surface area contributed by atoms with Gasteiger partial charge in [0.05, 0.1) is 45.2 Å². The van der Waals surface area contributed by atoms with E-state index >= 15 is 0 Å². The van der Waals surface area contributed by atoms with Crippen molar-refractivity contribution < 1.29 is 29.8 Å². The van der Waals surface area contributed by atoms with E-state index in [-0.39, 0.29) is 41.6 Å². The Morgan fingerprint density at radius 3 is 2.40 bits per heavy atom. The Labute approximate surface area is 357 Å². The molecule has 4 aliphatic carbocycles. The lowest BCUT2D eigenvalue weighted by molar-refractivity contribution is -0.315. The standard InChI is InChI=1S/C50H82NO6P/c1-30(2)12-11-13-32(4)44-42(25-41-39-19-16-37-24-31(3)20-22-49(37,8)40(39)21-23-50(41,44)9)56-47-35(7)46(57-48-45(51-29-58)34(6)33(5)26-54-48)43(28-55-47)53-27-36-14-17-38(52-10)18-15-36/h14-18,30-35,39-48,51H,11-13,19-29,58H2,1-10H3/t31-,32+,33?,34?,35?,39+,40-,41?,42-,43?,44-,45?,46?,47?,48?,49-,50-/m0/s1/i/hT. The van der Waals surface area contributed by atoms with Crippen molar-refractivity contribution in [1.82, 2.24) is 5.31 Å². The third kappa shape index (κ3) is 9.19. The van der Waals surface area contributed by atoms with Crippen LogP contribution in [0.15, 0.2) is 35.9 Å². The van der Waals surface area contributed by atoms with Crippen LogP contribution in [-0.2, 0) is 30.3 Å². The molecule has 7 nitrogen and oxygen atoms in total. The van der Waals surface area contributed by atoms with Crippen molar-refractivity contribution in [2.45, 2.75) is 170 Å². The summed E-state index contributed by atoms with van der Waals surface area (Å²) in [6, 6.07) is 7.87. The van der Waals surface area contributed by atoms with E-state index in [0.717, 1.165) is 41.4 Å². The van der Waals surface area contributed by atoms with Gasteiger partial charge >= 0.3 is 0 Å². The normalized spacial score (nSPS) is 43.6. The fraction of sp³-hybridized carbons (Fsp3) is 0.840. The first-order chi connectivity index (χ1) is 28.2. The molecule has 7 rings (SSSR count). The highest BCUT2D eigenvalue weighted by Crippen LogP contribution is 2.68. The second kappa shape index (κ2) is 19.1. The van der Waals surface area contributed by atoms with Gasteiger partial charge in [0.1, 0.15) is 13.3 Å². The molecule has 5 fully saturated rings. The molecular weight excluding hydrogens is 742 g/mol. The zero-order valence-corrected chi connectivity index (χ0v) is 39.2. The van der Waals surface area contributed by atoms with Gasteiger partial charge in [0.2, 0.25) is 0 Å². The van der Waals surface area contributed by atoms with E-state index in [1.54, 1.807) is 18.0 Å². The molecule has 1 aromatic carbocycles. The van der Waals surface area contributed by atoms with Crippen LogP contribution in [0.2, 0.25) is 1.41 Å². The SMILES string of the molecule is [3H]N(CP)C1C(OC2C(OCc3ccc(OC)cc3)COC(O[C@H]3CC4[C@@H]5CC=C6C[C@@H](C)CC[C@]6(C)[C@H]5CC[C@]4(C)[C@H]3[C@H](C)CCCC(C)C)C2C)OCC(C)C1C. The quantitative estimate of drug-likeness (QED) is 0.140. The third-order valence-electron chi connectivity index (χ3n) is 17.0. The Morgan fingerprint density at radius 2 is 1.67 bits per heavy atom. The molecule has 10 unspecified atom stereocenters. The van der Waals surface area contributed by atoms with Crippen LogP contribution in [-0.4, -0.2) is 63.5 Å². The van der Waals surface area contributed by atoms with Gasteiger partial charge in [-0.25, -0.2) is 0 Å². The predicted octanol–water partition coefficient (Wildman–Crippen LogP) is 11.0. The maximum absolute atomic E-state index is 8.92. The second-order valence-corrected chi connectivity index (χ2v) is 21.5. The lowest BCUT2D eigenvalue weighted by Gasteiger charge is -2.58. The highest BCUT2D eigenvalue weighted by Gasteiger charge is 2.62. The van der Waals surface area contributed by atoms with Crippen LogP contribution in [0.1, 0.15) is 132 Å². The van der Waals surface area contributed by atoms with Gasteiger partial charge in [-0.1, -0.05) is 105 Å². The molecule has 18 atom stereocenters. The van der Waals surface area contributed by atoms with E-state index in [4.69, 9.17) is 29.8 Å². The fourth-order valence-corrected chi connectivity index (χ4v) is 13.6. The molecule has 0 amide bonds. The summed E-state index contributed by atoms with van der Waals surface area (Å²) in [6.07, 6.45) is 14.6. The minimum Gasteiger partial charge on any atom is -0.497 e. The molecule has 0 bridgehead atoms. The number of methoxy groups -OCH3 is 1. The van der Waals surface area contributed by atoms with Crippen LogP contribution in [0.3, 0.4) is 0 Å². The minimum atomic E-state index is -0.551. The average molecular weight is 826 g/mol. The Morgan fingerprint density at radius 1 is 0.914 bits per heavy atom. The molecule has 2 aliphatic heterocycles. The average Bonchev–Trinajstić information content (AvgIpc) is 3.52. The Hall–Kier alpha value is -1.05. The van der Waals surface area contributed by atoms with Crippen molar-refractivity contribution in [3.05, 3.63) is 41.5 Å². The van der Waals surface area contributed by atoms with Crippen LogP contribution >= 0.6 is 9.24 Å². The summed E-state index contributed by atoms with van der Waals surface area (Å²) in [4.78, 5) is 0. The van der Waals surface area contributed by atoms with Gasteiger partial charge in [-0.3, -0.25) is 0 Å². The minimum absolute atomic E-state index is 0.109. The van der Waals surface area contributed by atoms with E-state index in [9.17, 15) is 0 Å². The van der Waals surface area contributed by atoms with E-state index < -0.39 is 12.6 Å². The van der Waals surface area contributed by atoms with Crippen molar-refractivity contribution in [3.63, 3.8) is 0 Å². The number of benzene rings is 1. The van der Waals surface area contributed by atoms with Gasteiger partial charge in [0.15, 0.2) is 12.6 Å². The molecule has 2 saturated heterocycles. The third-order valence-corrected chi connectivity index (χ3v) is 17.2. The topological polar surface area (TPSA) is 67.4 Å². The molecule has 0 radical (unpaired) electrons. The summed E-state index contributed by atoms with van der Waals surface area (Å²) in [6.45, 7) is 23.2. The van der Waals surface area contributed by atoms with Gasteiger partial charge in [-0.15, -0.1) is 9.24 Å². The van der Waals surface area contributed by atoms with E-state index in [1.807, 2.05) is 12.1 Å². The molecule has 1 aromatic rings. The molecule has 8 heteroatoms. The first kappa shape index (κ1) is 43.6. The first-order valence-corrected chi connectivity index (χ1v) is 24.4. The number of nitrogens with one attached hydrogen (secondary N) is 1. The van der Waals surface area contributed by atoms with E-state index in [0.29, 0.717) is 55.2 Å². The zero-order chi connectivity index (χ0) is 42.2. The molecule has 3 saturated carbocycles. The number of allylic oxidation sites excluding steroid dienone is 2. The number of hydrogen-bond acceptors (Lipinski definition) is 7. The van der Waals surface area contributed by atoms with E-state index in [1.165, 1.54) is 57.8 Å². The van der Waals surface area contributed by atoms with Crippen molar-refractivity contribution in [2.24, 2.45) is 70.0 Å². The first-order valence-electron chi connectivity index (χ1n) is 24.1. The monoisotopic (exact) mass is 826 g/mol. The van der Waals surface area contributed by atoms with Crippen molar-refractivity contribution in [2.75, 3.05) is 26.6 Å². The van der Waals surface area contributed by atoms with Gasteiger partial charge in [-0.05, 0) is 127 Å². The second-order valence-electron chi connectivity index (χ2n) is 21.1. The molecule has 0 spiro atoms. The largest absolute Gasteiger partial charge is 0.497 e. The van der Waals surface area contributed by atoms with Crippen LogP contribution in [0.5, 0.6) is 5.75 Å². The lowest BCUT2D eigenvalue weighted by atomic mass is 9.46. The van der Waals surface area contributed by atoms with Crippen LogP contribution in [0, 0.1) is 70.0 Å². The number of fused-ring (bicyclic) bond motifs is 5. The maximum Gasteiger partial charge on any atom is 0.173 e. The van der Waals surface area contributed by atoms with Crippen molar-refractivity contribution >= 4 is 9.24 Å². The summed E-state index contributed by atoms with van der Waals surface area (Å²) in [7, 11) is 4.41. The molecule has 6 aliphatic rings. The molecule has 0 aromatic heterocycles. The summed E-state index contributed by atoms with van der Waals surface area (Å²) >= 11 is 0. The van der Waals surface area contributed by atoms with Gasteiger partial charge in [0, 0.05) is 12.2 Å². The lowest BCUT2D eigenvalue weighted by Crippen LogP contribution is -2.59. The van der Waals surface area contributed by atoms with Crippen molar-refractivity contribution in [3.8, 4) is 5.75 Å². The smallest absolute Gasteiger partial charge is 0.173 e. The fourth-order valence-electron chi connectivity index (χ4n) is 13.3. The maximum atomic E-state index is 8.92. The molecule has 328 valence electrons. The predicted molar refractivity (Wildman–Crippen MR) is 237 cm³/mol. The van der Waals surface area contributed by atoms with Gasteiger partial charge < -0.3 is 33.7 Å². The summed E-state index contributed by atoms with van der Waals surface area (Å²) < 4.78 is 49.0. The van der Waals surface area contributed by atoms with Crippen LogP contribution < -0.4 is 10.0 Å². The van der Waals surface area contributed by atoms with Crippen molar-refractivity contribution in [1.29, 1.82) is 0 Å². The van der Waals surface area contributed by atoms with Gasteiger partial charge in [0.25, 0.3) is 0 Å². The zero-order valence-electron chi connectivity index (χ0n) is 39.0. The molecule has 2 heterocycles. The summed E-state index contributed by atoms with van der Waals surface area (Å²) in [5, 5.41) is 1.62. The van der Waals surface area contributed by atoms with Crippen LogP contribution in [0.25, 0.3) is 0 Å². The van der Waals surface area contributed by atoms with E-state index in [2.05, 4.69) is 89.8 Å². The number of hydrogen-bond donors (Lipinski definition) is 1. The highest BCUT2D eigenvalue weighted by atomic mass is 31.0. The molecule has 58 heavy (non-hydrogen) atoms. The molecule has 1 N–H and O–H groups in total. The number of ether oxygens (including phenoxy) is 6. The number of rotatable bonds is 15. The summed E-state index contributed by atoms with van der Waals surface area (Å²) in [5.74, 6) is 6.04. The van der Waals surface area contributed by atoms with Gasteiger partial charge in [-0.2, -0.15) is 0 Å². The Kier molecular flexibility index (Phi) is 14.4. The Bertz CT molecular complexity index is 1550. The van der Waals surface area contributed by atoms with Crippen LogP contribution in [0.4, 0.5) is 0 Å². The highest BCUT2D eigenvalue weighted by molar-refractivity contribution is 7.16. The molecular formula is C50H82NO6P. The summed E-state index contributed by atoms with van der Waals surface area (Å²) in [5.41, 5.74) is 3.46. The Balaban J connectivity index is 1.15.